The lowest BCUT2D eigenvalue weighted by molar-refractivity contribution is -0.118. The first-order valence-electron chi connectivity index (χ1n) is 5.46. The summed E-state index contributed by atoms with van der Waals surface area (Å²) < 4.78 is 37.5. The third-order valence-corrected chi connectivity index (χ3v) is 3.31. The highest BCUT2D eigenvalue weighted by Gasteiger charge is 2.36. The number of ketones is 1. The number of Topliss-reactive ketones (excluding diaryl/α,β-unsaturated/α-hetero) is 1. The molecule has 0 bridgehead atoms. The van der Waals surface area contributed by atoms with Gasteiger partial charge in [-0.3, -0.25) is 4.79 Å². The van der Waals surface area contributed by atoms with Crippen LogP contribution in [-0.4, -0.2) is 12.0 Å². The Kier molecular flexibility index (Phi) is 2.91. The van der Waals surface area contributed by atoms with Gasteiger partial charge < -0.3 is 0 Å². The van der Waals surface area contributed by atoms with Crippen LogP contribution in [0.5, 0.6) is 0 Å². The van der Waals surface area contributed by atoms with Gasteiger partial charge in [0, 0.05) is 12.8 Å². The highest BCUT2D eigenvalue weighted by atomic mass is 19.4. The van der Waals surface area contributed by atoms with Crippen molar-refractivity contribution in [3.05, 3.63) is 23.8 Å². The molecule has 0 saturated heterocycles. The fraction of sp³-hybridized carbons (Fsp3) is 0.583. The minimum absolute atomic E-state index is 0.109. The number of fused-ring (bicyclic) bond motifs is 1. The fourth-order valence-corrected chi connectivity index (χ4v) is 2.36. The number of hydrogen-bond donors (Lipinski definition) is 0. The summed E-state index contributed by atoms with van der Waals surface area (Å²) >= 11 is 0. The van der Waals surface area contributed by atoms with Gasteiger partial charge in [0.05, 0.1) is 5.57 Å². The van der Waals surface area contributed by atoms with Crippen molar-refractivity contribution in [3.8, 4) is 0 Å². The average Bonchev–Trinajstić information content (AvgIpc) is 2.39. The molecule has 1 nitrogen and oxygen atoms in total. The second-order valence-electron chi connectivity index (χ2n) is 4.42. The van der Waals surface area contributed by atoms with Gasteiger partial charge in [0.1, 0.15) is 5.78 Å². The number of rotatable bonds is 0. The van der Waals surface area contributed by atoms with Gasteiger partial charge in [-0.15, -0.1) is 0 Å². The molecule has 16 heavy (non-hydrogen) atoms. The molecule has 2 unspecified atom stereocenters. The minimum atomic E-state index is -4.27. The SMILES string of the molecule is O=C1CCC2C=CC(C(F)(F)F)=CC2CC1. The molecule has 2 aliphatic carbocycles. The Morgan fingerprint density at radius 3 is 2.38 bits per heavy atom. The molecule has 0 radical (unpaired) electrons. The molecule has 0 aromatic heterocycles. The van der Waals surface area contributed by atoms with Crippen molar-refractivity contribution in [2.75, 3.05) is 0 Å². The second kappa shape index (κ2) is 4.07. The van der Waals surface area contributed by atoms with E-state index in [4.69, 9.17) is 0 Å². The molecular weight excluding hydrogens is 217 g/mol. The van der Waals surface area contributed by atoms with Crippen LogP contribution in [0.15, 0.2) is 23.8 Å². The predicted octanol–water partition coefficient (Wildman–Crippen LogP) is 3.42. The highest BCUT2D eigenvalue weighted by Crippen LogP contribution is 2.38. The lowest BCUT2D eigenvalue weighted by Crippen LogP contribution is -2.19. The van der Waals surface area contributed by atoms with Crippen LogP contribution < -0.4 is 0 Å². The Bertz CT molecular complexity index is 352. The summed E-state index contributed by atoms with van der Waals surface area (Å²) in [5.41, 5.74) is -0.567. The van der Waals surface area contributed by atoms with Crippen LogP contribution in [0.25, 0.3) is 0 Å². The van der Waals surface area contributed by atoms with Gasteiger partial charge >= 0.3 is 6.18 Å². The largest absolute Gasteiger partial charge is 0.416 e. The Labute approximate surface area is 92.0 Å². The number of allylic oxidation sites excluding steroid dienone is 4. The molecule has 1 fully saturated rings. The van der Waals surface area contributed by atoms with Crippen molar-refractivity contribution in [2.24, 2.45) is 11.8 Å². The number of hydrogen-bond acceptors (Lipinski definition) is 1. The van der Waals surface area contributed by atoms with Crippen LogP contribution in [0.4, 0.5) is 13.2 Å². The van der Waals surface area contributed by atoms with E-state index in [0.29, 0.717) is 25.7 Å². The molecule has 2 atom stereocenters. The molecule has 2 rings (SSSR count). The zero-order valence-corrected chi connectivity index (χ0v) is 8.76. The van der Waals surface area contributed by atoms with E-state index in [-0.39, 0.29) is 17.6 Å². The molecule has 0 heterocycles. The monoisotopic (exact) mass is 230 g/mol. The Morgan fingerprint density at radius 2 is 1.75 bits per heavy atom. The van der Waals surface area contributed by atoms with E-state index in [9.17, 15) is 18.0 Å². The van der Waals surface area contributed by atoms with Crippen LogP contribution in [0.2, 0.25) is 0 Å². The molecule has 0 aromatic carbocycles. The first-order valence-corrected chi connectivity index (χ1v) is 5.46. The van der Waals surface area contributed by atoms with Crippen LogP contribution >= 0.6 is 0 Å². The van der Waals surface area contributed by atoms with Gasteiger partial charge in [-0.25, -0.2) is 0 Å². The topological polar surface area (TPSA) is 17.1 Å². The maximum absolute atomic E-state index is 12.5. The number of halogens is 3. The first-order chi connectivity index (χ1) is 7.47. The maximum atomic E-state index is 12.5. The molecule has 2 aliphatic rings. The third-order valence-electron chi connectivity index (χ3n) is 3.31. The normalized spacial score (nSPS) is 30.7. The summed E-state index contributed by atoms with van der Waals surface area (Å²) in [5, 5.41) is 0. The third kappa shape index (κ3) is 2.36. The van der Waals surface area contributed by atoms with Gasteiger partial charge in [-0.1, -0.05) is 18.2 Å². The molecule has 0 amide bonds. The van der Waals surface area contributed by atoms with Gasteiger partial charge in [0.25, 0.3) is 0 Å². The Morgan fingerprint density at radius 1 is 1.12 bits per heavy atom. The fourth-order valence-electron chi connectivity index (χ4n) is 2.36. The van der Waals surface area contributed by atoms with Crippen molar-refractivity contribution in [1.82, 2.24) is 0 Å². The van der Waals surface area contributed by atoms with E-state index in [1.165, 1.54) is 6.08 Å². The van der Waals surface area contributed by atoms with E-state index in [2.05, 4.69) is 0 Å². The summed E-state index contributed by atoms with van der Waals surface area (Å²) in [7, 11) is 0. The van der Waals surface area contributed by atoms with Gasteiger partial charge in [0.2, 0.25) is 0 Å². The predicted molar refractivity (Wildman–Crippen MR) is 53.7 cm³/mol. The summed E-state index contributed by atoms with van der Waals surface area (Å²) in [5.74, 6) is 0.162. The number of alkyl halides is 3. The first kappa shape index (κ1) is 11.4. The van der Waals surface area contributed by atoms with E-state index >= 15 is 0 Å². The Balaban J connectivity index is 2.18. The van der Waals surface area contributed by atoms with Crippen LogP contribution in [0.1, 0.15) is 25.7 Å². The summed E-state index contributed by atoms with van der Waals surface area (Å²) in [6.07, 6.45) is 1.94. The minimum Gasteiger partial charge on any atom is -0.300 e. The molecule has 0 aliphatic heterocycles. The van der Waals surface area contributed by atoms with Gasteiger partial charge in [-0.2, -0.15) is 13.2 Å². The van der Waals surface area contributed by atoms with Crippen molar-refractivity contribution in [1.29, 1.82) is 0 Å². The summed E-state index contributed by atoms with van der Waals surface area (Å²) in [4.78, 5) is 11.2. The molecular formula is C12H13F3O. The average molecular weight is 230 g/mol. The number of carbonyl (C=O) groups is 1. The quantitative estimate of drug-likeness (QED) is 0.623. The van der Waals surface area contributed by atoms with Crippen LogP contribution in [0.3, 0.4) is 0 Å². The van der Waals surface area contributed by atoms with Gasteiger partial charge in [0.15, 0.2) is 0 Å². The van der Waals surface area contributed by atoms with Crippen molar-refractivity contribution in [3.63, 3.8) is 0 Å². The summed E-state index contributed by atoms with van der Waals surface area (Å²) in [6.45, 7) is 0. The lowest BCUT2D eigenvalue weighted by Gasteiger charge is -2.24. The van der Waals surface area contributed by atoms with Crippen LogP contribution in [-0.2, 0) is 4.79 Å². The molecule has 88 valence electrons. The maximum Gasteiger partial charge on any atom is 0.416 e. The van der Waals surface area contributed by atoms with E-state index in [1.807, 2.05) is 0 Å². The molecule has 0 spiro atoms. The standard InChI is InChI=1S/C12H13F3O/c13-12(14,15)10-4-1-8-2-5-11(16)6-3-9(8)7-10/h1,4,7-9H,2-3,5-6H2. The zero-order valence-electron chi connectivity index (χ0n) is 8.76. The van der Waals surface area contributed by atoms with Crippen molar-refractivity contribution >= 4 is 5.78 Å². The van der Waals surface area contributed by atoms with E-state index in [0.717, 1.165) is 6.08 Å². The molecule has 0 N–H and O–H groups in total. The number of carbonyl (C=O) groups excluding carboxylic acids is 1. The van der Waals surface area contributed by atoms with Gasteiger partial charge in [-0.05, 0) is 24.7 Å². The zero-order chi connectivity index (χ0) is 11.8. The van der Waals surface area contributed by atoms with Crippen LogP contribution in [0, 0.1) is 11.8 Å². The van der Waals surface area contributed by atoms with Crippen molar-refractivity contribution in [2.45, 2.75) is 31.9 Å². The lowest BCUT2D eigenvalue weighted by atomic mass is 9.82. The van der Waals surface area contributed by atoms with E-state index < -0.39 is 11.7 Å². The van der Waals surface area contributed by atoms with E-state index in [1.54, 1.807) is 6.08 Å². The second-order valence-corrected chi connectivity index (χ2v) is 4.42. The molecule has 0 aromatic rings. The highest BCUT2D eigenvalue weighted by molar-refractivity contribution is 5.78. The Hall–Kier alpha value is -1.06. The molecule has 4 heteroatoms. The smallest absolute Gasteiger partial charge is 0.300 e. The summed E-state index contributed by atoms with van der Waals surface area (Å²) in [6, 6.07) is 0. The van der Waals surface area contributed by atoms with Crippen molar-refractivity contribution < 1.29 is 18.0 Å². The molecule has 1 saturated carbocycles.